The van der Waals surface area contributed by atoms with Gasteiger partial charge in [-0.1, -0.05) is 30.3 Å². The van der Waals surface area contributed by atoms with Crippen molar-refractivity contribution < 1.29 is 23.9 Å². The molecule has 2 aromatic carbocycles. The molecule has 1 fully saturated rings. The number of anilines is 1. The molecule has 0 aromatic heterocycles. The molecule has 0 radical (unpaired) electrons. The third-order valence-corrected chi connectivity index (χ3v) is 4.51. The van der Waals surface area contributed by atoms with E-state index in [1.807, 2.05) is 30.3 Å². The number of hydrogen-bond donors (Lipinski definition) is 2. The molecule has 2 N–H and O–H groups in total. The lowest BCUT2D eigenvalue weighted by Crippen LogP contribution is -2.34. The van der Waals surface area contributed by atoms with Crippen LogP contribution in [0.4, 0.5) is 10.5 Å². The Hall–Kier alpha value is -3.55. The predicted molar refractivity (Wildman–Crippen MR) is 100.0 cm³/mol. The predicted octanol–water partition coefficient (Wildman–Crippen LogP) is 1.91. The fourth-order valence-corrected chi connectivity index (χ4v) is 3.15. The molecule has 1 unspecified atom stereocenters. The number of nitrogens with zero attached hydrogens (tertiary/aromatic N) is 1. The van der Waals surface area contributed by atoms with Crippen LogP contribution in [0, 0.1) is 0 Å². The molecule has 1 atom stereocenters. The first-order valence-corrected chi connectivity index (χ1v) is 8.95. The standard InChI is InChI=1S/C20H19N3O5/c24-18(21-14-6-7-16-17(10-14)28-9-8-27-16)11-15-19(25)23(20(26)22-15)12-13-4-2-1-3-5-13/h1-7,10,15H,8-9,11-12H2,(H,21,24)(H,22,26). The van der Waals surface area contributed by atoms with Gasteiger partial charge in [-0.25, -0.2) is 4.79 Å². The van der Waals surface area contributed by atoms with Crippen molar-refractivity contribution in [1.29, 1.82) is 0 Å². The first-order valence-electron chi connectivity index (χ1n) is 8.95. The molecule has 0 aliphatic carbocycles. The fourth-order valence-electron chi connectivity index (χ4n) is 3.15. The van der Waals surface area contributed by atoms with Gasteiger partial charge in [-0.3, -0.25) is 14.5 Å². The maximum absolute atomic E-state index is 12.5. The summed E-state index contributed by atoms with van der Waals surface area (Å²) in [5, 5.41) is 5.29. The highest BCUT2D eigenvalue weighted by Gasteiger charge is 2.39. The Morgan fingerprint density at radius 3 is 2.61 bits per heavy atom. The van der Waals surface area contributed by atoms with Crippen LogP contribution in [0.25, 0.3) is 0 Å². The fraction of sp³-hybridized carbons (Fsp3) is 0.250. The molecule has 1 saturated heterocycles. The molecule has 8 heteroatoms. The summed E-state index contributed by atoms with van der Waals surface area (Å²) in [6, 6.07) is 12.9. The summed E-state index contributed by atoms with van der Waals surface area (Å²) in [6.45, 7) is 1.11. The van der Waals surface area contributed by atoms with Gasteiger partial charge in [0.15, 0.2) is 11.5 Å². The van der Waals surface area contributed by atoms with E-state index in [-0.39, 0.29) is 18.9 Å². The van der Waals surface area contributed by atoms with Crippen LogP contribution in [0.2, 0.25) is 0 Å². The molecule has 2 aliphatic rings. The van der Waals surface area contributed by atoms with E-state index in [2.05, 4.69) is 10.6 Å². The topological polar surface area (TPSA) is 97.0 Å². The number of hydrogen-bond acceptors (Lipinski definition) is 5. The highest BCUT2D eigenvalue weighted by Crippen LogP contribution is 2.32. The number of benzene rings is 2. The van der Waals surface area contributed by atoms with Gasteiger partial charge in [-0.2, -0.15) is 0 Å². The van der Waals surface area contributed by atoms with Crippen molar-refractivity contribution in [3.63, 3.8) is 0 Å². The molecule has 0 spiro atoms. The molecule has 28 heavy (non-hydrogen) atoms. The molecule has 4 rings (SSSR count). The van der Waals surface area contributed by atoms with Gasteiger partial charge >= 0.3 is 6.03 Å². The Morgan fingerprint density at radius 1 is 1.07 bits per heavy atom. The second-order valence-electron chi connectivity index (χ2n) is 6.52. The van der Waals surface area contributed by atoms with Gasteiger partial charge in [0.05, 0.1) is 13.0 Å². The highest BCUT2D eigenvalue weighted by molar-refractivity contribution is 6.06. The van der Waals surface area contributed by atoms with Gasteiger partial charge in [0.2, 0.25) is 5.91 Å². The van der Waals surface area contributed by atoms with Crippen LogP contribution in [0.3, 0.4) is 0 Å². The zero-order valence-electron chi connectivity index (χ0n) is 15.0. The Labute approximate surface area is 161 Å². The van der Waals surface area contributed by atoms with Gasteiger partial charge in [0.25, 0.3) is 5.91 Å². The van der Waals surface area contributed by atoms with Crippen LogP contribution >= 0.6 is 0 Å². The highest BCUT2D eigenvalue weighted by atomic mass is 16.6. The van der Waals surface area contributed by atoms with Crippen LogP contribution in [0.5, 0.6) is 11.5 Å². The number of rotatable bonds is 5. The summed E-state index contributed by atoms with van der Waals surface area (Å²) in [4.78, 5) is 38.1. The Kier molecular flexibility index (Phi) is 4.84. The number of carbonyl (C=O) groups excluding carboxylic acids is 3. The molecular formula is C20H19N3O5. The van der Waals surface area contributed by atoms with E-state index in [4.69, 9.17) is 9.47 Å². The lowest BCUT2D eigenvalue weighted by molar-refractivity contribution is -0.130. The van der Waals surface area contributed by atoms with Crippen LogP contribution in [0.15, 0.2) is 48.5 Å². The Balaban J connectivity index is 1.37. The maximum Gasteiger partial charge on any atom is 0.325 e. The van der Waals surface area contributed by atoms with Gasteiger partial charge in [0, 0.05) is 11.8 Å². The van der Waals surface area contributed by atoms with E-state index in [0.29, 0.717) is 30.4 Å². The first-order chi connectivity index (χ1) is 13.6. The molecule has 8 nitrogen and oxygen atoms in total. The van der Waals surface area contributed by atoms with E-state index >= 15 is 0 Å². The average molecular weight is 381 g/mol. The van der Waals surface area contributed by atoms with Crippen molar-refractivity contribution in [3.05, 3.63) is 54.1 Å². The SMILES string of the molecule is O=C(CC1NC(=O)N(Cc2ccccc2)C1=O)Nc1ccc2c(c1)OCCO2. The number of ether oxygens (including phenoxy) is 2. The van der Waals surface area contributed by atoms with Crippen molar-refractivity contribution in [1.82, 2.24) is 10.2 Å². The van der Waals surface area contributed by atoms with Crippen LogP contribution in [0.1, 0.15) is 12.0 Å². The molecule has 144 valence electrons. The minimum Gasteiger partial charge on any atom is -0.486 e. The normalized spacial score (nSPS) is 18.0. The minimum absolute atomic E-state index is 0.149. The van der Waals surface area contributed by atoms with Crippen molar-refractivity contribution in [2.45, 2.75) is 19.0 Å². The van der Waals surface area contributed by atoms with Gasteiger partial charge in [-0.05, 0) is 17.7 Å². The second kappa shape index (κ2) is 7.59. The molecule has 0 saturated carbocycles. The second-order valence-corrected chi connectivity index (χ2v) is 6.52. The molecule has 0 bridgehead atoms. The smallest absolute Gasteiger partial charge is 0.325 e. The monoisotopic (exact) mass is 381 g/mol. The zero-order chi connectivity index (χ0) is 19.5. The van der Waals surface area contributed by atoms with Gasteiger partial charge in [-0.15, -0.1) is 0 Å². The van der Waals surface area contributed by atoms with Crippen molar-refractivity contribution in [2.24, 2.45) is 0 Å². The van der Waals surface area contributed by atoms with E-state index in [1.54, 1.807) is 18.2 Å². The number of fused-ring (bicyclic) bond motifs is 1. The van der Waals surface area contributed by atoms with Crippen molar-refractivity contribution >= 4 is 23.5 Å². The Morgan fingerprint density at radius 2 is 1.82 bits per heavy atom. The summed E-state index contributed by atoms with van der Waals surface area (Å²) >= 11 is 0. The van der Waals surface area contributed by atoms with Crippen LogP contribution < -0.4 is 20.1 Å². The average Bonchev–Trinajstić information content (AvgIpc) is 2.96. The summed E-state index contributed by atoms with van der Waals surface area (Å²) in [7, 11) is 0. The summed E-state index contributed by atoms with van der Waals surface area (Å²) < 4.78 is 10.9. The lowest BCUT2D eigenvalue weighted by atomic mass is 10.1. The third kappa shape index (κ3) is 3.75. The van der Waals surface area contributed by atoms with Gasteiger partial charge < -0.3 is 20.1 Å². The number of urea groups is 1. The molecule has 2 heterocycles. The Bertz CT molecular complexity index is 915. The first kappa shape index (κ1) is 17.8. The maximum atomic E-state index is 12.5. The summed E-state index contributed by atoms with van der Waals surface area (Å²) in [5.41, 5.74) is 1.37. The zero-order valence-corrected chi connectivity index (χ0v) is 15.0. The summed E-state index contributed by atoms with van der Waals surface area (Å²) in [6.07, 6.45) is -0.149. The van der Waals surface area contributed by atoms with Gasteiger partial charge in [0.1, 0.15) is 19.3 Å². The van der Waals surface area contributed by atoms with E-state index in [0.717, 1.165) is 10.5 Å². The van der Waals surface area contributed by atoms with Crippen molar-refractivity contribution in [2.75, 3.05) is 18.5 Å². The number of carbonyl (C=O) groups is 3. The van der Waals surface area contributed by atoms with E-state index in [9.17, 15) is 14.4 Å². The van der Waals surface area contributed by atoms with Crippen LogP contribution in [-0.4, -0.2) is 42.0 Å². The van der Waals surface area contributed by atoms with E-state index < -0.39 is 18.0 Å². The van der Waals surface area contributed by atoms with E-state index in [1.165, 1.54) is 0 Å². The number of amides is 4. The quantitative estimate of drug-likeness (QED) is 0.771. The van der Waals surface area contributed by atoms with Crippen molar-refractivity contribution in [3.8, 4) is 11.5 Å². The number of imide groups is 1. The summed E-state index contributed by atoms with van der Waals surface area (Å²) in [5.74, 6) is 0.394. The van der Waals surface area contributed by atoms with Crippen LogP contribution in [-0.2, 0) is 16.1 Å². The molecule has 4 amide bonds. The minimum atomic E-state index is -0.881. The number of nitrogens with one attached hydrogen (secondary N) is 2. The largest absolute Gasteiger partial charge is 0.486 e. The third-order valence-electron chi connectivity index (χ3n) is 4.51. The molecule has 2 aromatic rings. The molecule has 2 aliphatic heterocycles. The lowest BCUT2D eigenvalue weighted by Gasteiger charge is -2.19. The molecular weight excluding hydrogens is 362 g/mol.